The Kier molecular flexibility index (Phi) is 3.72. The van der Waals surface area contributed by atoms with E-state index in [4.69, 9.17) is 5.73 Å². The van der Waals surface area contributed by atoms with Gasteiger partial charge >= 0.3 is 0 Å². The lowest BCUT2D eigenvalue weighted by Crippen LogP contribution is -2.35. The van der Waals surface area contributed by atoms with Crippen LogP contribution in [0.5, 0.6) is 0 Å². The van der Waals surface area contributed by atoms with Gasteiger partial charge in [0, 0.05) is 22.4 Å². The molecule has 0 atom stereocenters. The quantitative estimate of drug-likeness (QED) is 0.796. The predicted molar refractivity (Wildman–Crippen MR) is 89.7 cm³/mol. The normalized spacial score (nSPS) is 13.9. The number of hydrogen-bond donors (Lipinski definition) is 1. The third-order valence-corrected chi connectivity index (χ3v) is 4.51. The Hall–Kier alpha value is -1.81. The first kappa shape index (κ1) is 14.1. The van der Waals surface area contributed by atoms with Gasteiger partial charge in [-0.2, -0.15) is 0 Å². The smallest absolute Gasteiger partial charge is 0.259 e. The molecule has 4 heteroatoms. The summed E-state index contributed by atoms with van der Waals surface area (Å²) >= 11 is 3.45. The van der Waals surface area contributed by atoms with Crippen molar-refractivity contribution in [3.05, 3.63) is 57.6 Å². The van der Waals surface area contributed by atoms with Crippen LogP contribution in [0.1, 0.15) is 27.9 Å². The van der Waals surface area contributed by atoms with Gasteiger partial charge in [-0.15, -0.1) is 0 Å². The molecule has 0 aliphatic carbocycles. The molecule has 1 aliphatic heterocycles. The topological polar surface area (TPSA) is 46.3 Å². The van der Waals surface area contributed by atoms with Crippen LogP contribution in [0.25, 0.3) is 0 Å². The lowest BCUT2D eigenvalue weighted by molar-refractivity contribution is 0.0984. The van der Waals surface area contributed by atoms with Crippen molar-refractivity contribution in [3.63, 3.8) is 0 Å². The van der Waals surface area contributed by atoms with Gasteiger partial charge < -0.3 is 10.6 Å². The number of amides is 1. The minimum atomic E-state index is -0.000946. The van der Waals surface area contributed by atoms with Gasteiger partial charge in [-0.05, 0) is 65.5 Å². The van der Waals surface area contributed by atoms with Crippen LogP contribution in [0.2, 0.25) is 0 Å². The van der Waals surface area contributed by atoms with Crippen LogP contribution in [-0.2, 0) is 6.42 Å². The van der Waals surface area contributed by atoms with Crippen molar-refractivity contribution in [3.8, 4) is 0 Å². The van der Waals surface area contributed by atoms with E-state index < -0.39 is 0 Å². The number of hydrogen-bond acceptors (Lipinski definition) is 2. The number of nitrogens with zero attached hydrogens (tertiary/aromatic N) is 1. The minimum absolute atomic E-state index is 0.000946. The highest BCUT2D eigenvalue weighted by molar-refractivity contribution is 9.10. The number of nitrogens with two attached hydrogens (primary N) is 1. The maximum Gasteiger partial charge on any atom is 0.259 e. The van der Waals surface area contributed by atoms with E-state index >= 15 is 0 Å². The average Bonchev–Trinajstić information content (AvgIpc) is 2.48. The maximum atomic E-state index is 12.9. The Labute approximate surface area is 132 Å². The van der Waals surface area contributed by atoms with Crippen molar-refractivity contribution in [2.75, 3.05) is 17.2 Å². The van der Waals surface area contributed by atoms with Crippen LogP contribution in [0.4, 0.5) is 11.4 Å². The molecule has 3 nitrogen and oxygen atoms in total. The van der Waals surface area contributed by atoms with Gasteiger partial charge in [0.1, 0.15) is 0 Å². The van der Waals surface area contributed by atoms with Gasteiger partial charge in [0.05, 0.1) is 5.56 Å². The zero-order chi connectivity index (χ0) is 15.0. The van der Waals surface area contributed by atoms with Gasteiger partial charge in [-0.3, -0.25) is 4.79 Å². The van der Waals surface area contributed by atoms with Crippen molar-refractivity contribution in [2.45, 2.75) is 19.8 Å². The Balaban J connectivity index is 2.02. The molecule has 0 radical (unpaired) electrons. The second kappa shape index (κ2) is 5.53. The number of rotatable bonds is 1. The van der Waals surface area contributed by atoms with Crippen LogP contribution in [-0.4, -0.2) is 12.5 Å². The average molecular weight is 345 g/mol. The summed E-state index contributed by atoms with van der Waals surface area (Å²) in [5.41, 5.74) is 10.5. The first-order valence-electron chi connectivity index (χ1n) is 7.02. The van der Waals surface area contributed by atoms with Gasteiger partial charge in [0.15, 0.2) is 0 Å². The molecule has 3 rings (SSSR count). The van der Waals surface area contributed by atoms with Gasteiger partial charge in [0.2, 0.25) is 0 Å². The molecule has 1 amide bonds. The van der Waals surface area contributed by atoms with Gasteiger partial charge in [-0.25, -0.2) is 0 Å². The third-order valence-electron chi connectivity index (χ3n) is 3.82. The van der Waals surface area contributed by atoms with E-state index in [1.807, 2.05) is 17.0 Å². The summed E-state index contributed by atoms with van der Waals surface area (Å²) in [6.45, 7) is 2.83. The SMILES string of the molecule is Cc1ccc2c(c1)CCCN2C(=O)c1cc(N)ccc1Br. The van der Waals surface area contributed by atoms with Crippen molar-refractivity contribution in [1.82, 2.24) is 0 Å². The van der Waals surface area contributed by atoms with E-state index in [0.29, 0.717) is 11.3 Å². The Morgan fingerprint density at radius 1 is 1.24 bits per heavy atom. The van der Waals surface area contributed by atoms with Crippen LogP contribution in [0.3, 0.4) is 0 Å². The number of carbonyl (C=O) groups is 1. The van der Waals surface area contributed by atoms with Crippen LogP contribution < -0.4 is 10.6 Å². The number of anilines is 2. The van der Waals surface area contributed by atoms with Crippen molar-refractivity contribution < 1.29 is 4.79 Å². The molecule has 108 valence electrons. The molecule has 0 bridgehead atoms. The number of halogens is 1. The summed E-state index contributed by atoms with van der Waals surface area (Å²) in [5.74, 6) is -0.000946. The molecule has 0 spiro atoms. The van der Waals surface area contributed by atoms with E-state index in [1.165, 1.54) is 11.1 Å². The summed E-state index contributed by atoms with van der Waals surface area (Å²) < 4.78 is 0.779. The first-order valence-corrected chi connectivity index (χ1v) is 7.82. The predicted octanol–water partition coefficient (Wildman–Crippen LogP) is 3.93. The molecule has 0 saturated carbocycles. The summed E-state index contributed by atoms with van der Waals surface area (Å²) in [6.07, 6.45) is 2.01. The Bertz CT molecular complexity index is 712. The Morgan fingerprint density at radius 3 is 2.86 bits per heavy atom. The van der Waals surface area contributed by atoms with Crippen molar-refractivity contribution >= 4 is 33.2 Å². The summed E-state index contributed by atoms with van der Waals surface area (Å²) in [4.78, 5) is 14.7. The first-order chi connectivity index (χ1) is 10.1. The molecule has 0 fully saturated rings. The lowest BCUT2D eigenvalue weighted by atomic mass is 9.99. The number of nitrogen functional groups attached to an aromatic ring is 1. The fraction of sp³-hybridized carbons (Fsp3) is 0.235. The number of aryl methyl sites for hydroxylation is 2. The number of carbonyl (C=O) groups excluding carboxylic acids is 1. The van der Waals surface area contributed by atoms with E-state index in [0.717, 1.165) is 29.5 Å². The molecule has 21 heavy (non-hydrogen) atoms. The van der Waals surface area contributed by atoms with Crippen molar-refractivity contribution in [2.24, 2.45) is 0 Å². The lowest BCUT2D eigenvalue weighted by Gasteiger charge is -2.30. The largest absolute Gasteiger partial charge is 0.399 e. The second-order valence-electron chi connectivity index (χ2n) is 5.43. The minimum Gasteiger partial charge on any atom is -0.399 e. The molecule has 1 aliphatic rings. The zero-order valence-corrected chi connectivity index (χ0v) is 13.5. The van der Waals surface area contributed by atoms with Crippen molar-refractivity contribution in [1.29, 1.82) is 0 Å². The molecule has 0 saturated heterocycles. The molecule has 2 aromatic rings. The monoisotopic (exact) mass is 344 g/mol. The fourth-order valence-electron chi connectivity index (χ4n) is 2.79. The highest BCUT2D eigenvalue weighted by Crippen LogP contribution is 2.31. The highest BCUT2D eigenvalue weighted by Gasteiger charge is 2.24. The fourth-order valence-corrected chi connectivity index (χ4v) is 3.21. The molecule has 0 unspecified atom stereocenters. The van der Waals surface area contributed by atoms with E-state index in [1.54, 1.807) is 12.1 Å². The summed E-state index contributed by atoms with van der Waals surface area (Å²) in [6, 6.07) is 11.6. The molecule has 2 aromatic carbocycles. The van der Waals surface area contributed by atoms with Gasteiger partial charge in [-0.1, -0.05) is 17.7 Å². The van der Waals surface area contributed by atoms with Gasteiger partial charge in [0.25, 0.3) is 5.91 Å². The van der Waals surface area contributed by atoms with E-state index in [2.05, 4.69) is 35.0 Å². The van der Waals surface area contributed by atoms with Crippen LogP contribution >= 0.6 is 15.9 Å². The van der Waals surface area contributed by atoms with E-state index in [-0.39, 0.29) is 5.91 Å². The molecular formula is C17H17BrN2O. The Morgan fingerprint density at radius 2 is 2.05 bits per heavy atom. The number of fused-ring (bicyclic) bond motifs is 1. The maximum absolute atomic E-state index is 12.9. The third kappa shape index (κ3) is 2.68. The second-order valence-corrected chi connectivity index (χ2v) is 6.29. The van der Waals surface area contributed by atoms with E-state index in [9.17, 15) is 4.79 Å². The summed E-state index contributed by atoms with van der Waals surface area (Å²) in [5, 5.41) is 0. The number of benzene rings is 2. The molecule has 2 N–H and O–H groups in total. The van der Waals surface area contributed by atoms with Crippen LogP contribution in [0.15, 0.2) is 40.9 Å². The zero-order valence-electron chi connectivity index (χ0n) is 11.9. The summed E-state index contributed by atoms with van der Waals surface area (Å²) in [7, 11) is 0. The standard InChI is InChI=1S/C17H17BrN2O/c1-11-4-7-16-12(9-11)3-2-8-20(16)17(21)14-10-13(19)5-6-15(14)18/h4-7,9-10H,2-3,8,19H2,1H3. The molecule has 1 heterocycles. The highest BCUT2D eigenvalue weighted by atomic mass is 79.9. The van der Waals surface area contributed by atoms with Crippen LogP contribution in [0, 0.1) is 6.92 Å². The molecular weight excluding hydrogens is 328 g/mol. The molecule has 0 aromatic heterocycles.